The largest absolute Gasteiger partial charge is 0.432 e. The zero-order chi connectivity index (χ0) is 34.5. The lowest BCUT2D eigenvalue weighted by atomic mass is 10.0. The lowest BCUT2D eigenvalue weighted by Crippen LogP contribution is -2.25. The second-order valence-electron chi connectivity index (χ2n) is 10.2. The highest BCUT2D eigenvalue weighted by Crippen LogP contribution is 2.38. The van der Waals surface area contributed by atoms with E-state index >= 15 is 0 Å². The zero-order valence-corrected chi connectivity index (χ0v) is 24.9. The van der Waals surface area contributed by atoms with Gasteiger partial charge in [-0.05, 0) is 66.9 Å². The van der Waals surface area contributed by atoms with Crippen LogP contribution in [0.1, 0.15) is 65.1 Å². The van der Waals surface area contributed by atoms with Crippen molar-refractivity contribution < 1.29 is 48.6 Å². The van der Waals surface area contributed by atoms with E-state index in [1.54, 1.807) is 6.07 Å². The van der Waals surface area contributed by atoms with E-state index in [4.69, 9.17) is 11.6 Å². The molecule has 0 aromatic heterocycles. The van der Waals surface area contributed by atoms with Crippen LogP contribution in [0.4, 0.5) is 43.9 Å². The molecule has 0 unspecified atom stereocenters. The van der Waals surface area contributed by atoms with Gasteiger partial charge < -0.3 is 4.74 Å². The van der Waals surface area contributed by atoms with Crippen molar-refractivity contribution in [2.75, 3.05) is 0 Å². The number of halogens is 11. The quantitative estimate of drug-likeness (QED) is 0.107. The normalized spacial score (nSPS) is 11.4. The predicted octanol–water partition coefficient (Wildman–Crippen LogP) is 10.7. The Morgan fingerprint density at radius 1 is 0.617 bits per heavy atom. The van der Waals surface area contributed by atoms with E-state index < -0.39 is 68.8 Å². The van der Waals surface area contributed by atoms with Gasteiger partial charge in [0.2, 0.25) is 0 Å². The molecule has 0 saturated carbocycles. The standard InChI is InChI=1S/C35H21ClF10O/c1-2-3-4-5-20-6-9-23(27(37)15-20)11-8-22-17-30(40)33(31(41)18-22)35(45,46)47-25-13-12-24(28(38)19-25)10-7-21-14-26(36)32(29(39)16-21)34(42,43)44/h6,9,12-19H,2-5H2,1H3. The fourth-order valence-electron chi connectivity index (χ4n) is 4.37. The van der Waals surface area contributed by atoms with Crippen molar-refractivity contribution in [1.29, 1.82) is 0 Å². The molecule has 0 bridgehead atoms. The van der Waals surface area contributed by atoms with Crippen LogP contribution in [-0.4, -0.2) is 0 Å². The average molecular weight is 683 g/mol. The van der Waals surface area contributed by atoms with Gasteiger partial charge in [-0.15, -0.1) is 0 Å². The lowest BCUT2D eigenvalue weighted by molar-refractivity contribution is -0.189. The van der Waals surface area contributed by atoms with Crippen LogP contribution in [0.15, 0.2) is 60.7 Å². The molecule has 0 fully saturated rings. The molecule has 0 aliphatic carbocycles. The first-order valence-electron chi connectivity index (χ1n) is 13.8. The van der Waals surface area contributed by atoms with Crippen molar-refractivity contribution in [1.82, 2.24) is 0 Å². The highest BCUT2D eigenvalue weighted by Gasteiger charge is 2.41. The Balaban J connectivity index is 1.51. The van der Waals surface area contributed by atoms with Crippen LogP contribution in [0.2, 0.25) is 5.02 Å². The number of rotatable bonds is 7. The number of alkyl halides is 5. The highest BCUT2D eigenvalue weighted by atomic mass is 35.5. The van der Waals surface area contributed by atoms with Crippen molar-refractivity contribution in [2.45, 2.75) is 44.9 Å². The summed E-state index contributed by atoms with van der Waals surface area (Å²) in [6, 6.07) is 8.61. The first-order chi connectivity index (χ1) is 22.1. The van der Waals surface area contributed by atoms with E-state index in [1.807, 2.05) is 6.92 Å². The summed E-state index contributed by atoms with van der Waals surface area (Å²) in [5.41, 5.74) is -3.97. The Labute approximate surface area is 268 Å². The minimum Gasteiger partial charge on any atom is -0.429 e. The molecule has 12 heteroatoms. The smallest absolute Gasteiger partial charge is 0.429 e. The van der Waals surface area contributed by atoms with Gasteiger partial charge in [0.25, 0.3) is 0 Å². The van der Waals surface area contributed by atoms with E-state index in [1.165, 1.54) is 12.1 Å². The maximum absolute atomic E-state index is 14.9. The van der Waals surface area contributed by atoms with Crippen molar-refractivity contribution >= 4 is 11.6 Å². The molecule has 0 atom stereocenters. The number of unbranched alkanes of at least 4 members (excludes halogenated alkanes) is 2. The summed E-state index contributed by atoms with van der Waals surface area (Å²) < 4.78 is 145. The Bertz CT molecular complexity index is 1880. The van der Waals surface area contributed by atoms with Crippen molar-refractivity contribution in [3.05, 3.63) is 134 Å². The number of aryl methyl sites for hydroxylation is 1. The molecule has 0 amide bonds. The average Bonchev–Trinajstić information content (AvgIpc) is 2.94. The maximum atomic E-state index is 14.9. The molecule has 244 valence electrons. The van der Waals surface area contributed by atoms with E-state index in [-0.39, 0.29) is 16.7 Å². The molecule has 0 aliphatic rings. The molecular weight excluding hydrogens is 662 g/mol. The van der Waals surface area contributed by atoms with Crippen LogP contribution in [0.3, 0.4) is 0 Å². The molecule has 4 aromatic carbocycles. The maximum Gasteiger partial charge on any atom is 0.432 e. The number of benzene rings is 4. The Kier molecular flexibility index (Phi) is 10.8. The summed E-state index contributed by atoms with van der Waals surface area (Å²) >= 11 is 5.50. The summed E-state index contributed by atoms with van der Waals surface area (Å²) in [7, 11) is 0. The van der Waals surface area contributed by atoms with Gasteiger partial charge >= 0.3 is 12.3 Å². The van der Waals surface area contributed by atoms with Gasteiger partial charge in [0.1, 0.15) is 46.0 Å². The van der Waals surface area contributed by atoms with Gasteiger partial charge in [0.15, 0.2) is 0 Å². The molecular formula is C35H21ClF10O. The van der Waals surface area contributed by atoms with Gasteiger partial charge in [-0.2, -0.15) is 22.0 Å². The minimum atomic E-state index is -5.07. The van der Waals surface area contributed by atoms with Crippen molar-refractivity contribution in [3.8, 4) is 29.4 Å². The number of ether oxygens (including phenoxy) is 1. The van der Waals surface area contributed by atoms with Crippen molar-refractivity contribution in [3.63, 3.8) is 0 Å². The summed E-state index contributed by atoms with van der Waals surface area (Å²) in [5, 5.41) is -0.982. The Morgan fingerprint density at radius 3 is 1.66 bits per heavy atom. The predicted molar refractivity (Wildman–Crippen MR) is 155 cm³/mol. The Hall–Kier alpha value is -4.61. The third kappa shape index (κ3) is 8.81. The molecule has 0 N–H and O–H groups in total. The summed E-state index contributed by atoms with van der Waals surface area (Å²) in [6.45, 7) is 2.03. The molecule has 1 nitrogen and oxygen atoms in total. The molecule has 0 saturated heterocycles. The monoisotopic (exact) mass is 682 g/mol. The molecule has 47 heavy (non-hydrogen) atoms. The van der Waals surface area contributed by atoms with Crippen molar-refractivity contribution in [2.24, 2.45) is 0 Å². The molecule has 0 heterocycles. The zero-order valence-electron chi connectivity index (χ0n) is 24.2. The SMILES string of the molecule is CCCCCc1ccc(C#Cc2cc(F)c(C(F)(F)Oc3ccc(C#Cc4cc(F)c(C(F)(F)F)c(Cl)c4)c(F)c3)c(F)c2)c(F)c1. The van der Waals surface area contributed by atoms with Crippen LogP contribution in [-0.2, 0) is 18.7 Å². The third-order valence-corrected chi connectivity index (χ3v) is 6.93. The van der Waals surface area contributed by atoms with E-state index in [2.05, 4.69) is 28.4 Å². The topological polar surface area (TPSA) is 9.23 Å². The van der Waals surface area contributed by atoms with Crippen LogP contribution in [0.25, 0.3) is 0 Å². The fourth-order valence-corrected chi connectivity index (χ4v) is 4.69. The van der Waals surface area contributed by atoms with Gasteiger partial charge in [-0.1, -0.05) is 61.1 Å². The van der Waals surface area contributed by atoms with Gasteiger partial charge in [-0.25, -0.2) is 22.0 Å². The van der Waals surface area contributed by atoms with Crippen LogP contribution < -0.4 is 4.74 Å². The van der Waals surface area contributed by atoms with E-state index in [0.717, 1.165) is 37.0 Å². The lowest BCUT2D eigenvalue weighted by Gasteiger charge is -2.19. The number of hydrogen-bond donors (Lipinski definition) is 0. The second kappa shape index (κ2) is 14.4. The first-order valence-corrected chi connectivity index (χ1v) is 14.2. The summed E-state index contributed by atoms with van der Waals surface area (Å²) in [6.07, 6.45) is -6.19. The van der Waals surface area contributed by atoms with Gasteiger partial charge in [0, 0.05) is 17.2 Å². The number of hydrogen-bond acceptors (Lipinski definition) is 1. The molecule has 0 spiro atoms. The Morgan fingerprint density at radius 2 is 1.15 bits per heavy atom. The summed E-state index contributed by atoms with van der Waals surface area (Å²) in [5.74, 6) is 1.22. The highest BCUT2D eigenvalue weighted by molar-refractivity contribution is 6.31. The van der Waals surface area contributed by atoms with Crippen LogP contribution in [0.5, 0.6) is 5.75 Å². The molecule has 0 radical (unpaired) electrons. The first kappa shape index (κ1) is 35.2. The van der Waals surface area contributed by atoms with E-state index in [9.17, 15) is 43.9 Å². The summed E-state index contributed by atoms with van der Waals surface area (Å²) in [4.78, 5) is 0. The van der Waals surface area contributed by atoms with Crippen LogP contribution >= 0.6 is 11.6 Å². The third-order valence-electron chi connectivity index (χ3n) is 6.63. The van der Waals surface area contributed by atoms with E-state index in [0.29, 0.717) is 36.8 Å². The van der Waals surface area contributed by atoms with Gasteiger partial charge in [0.05, 0.1) is 16.1 Å². The molecule has 4 rings (SSSR count). The molecule has 4 aromatic rings. The van der Waals surface area contributed by atoms with Crippen LogP contribution in [0, 0.1) is 52.8 Å². The second-order valence-corrected chi connectivity index (χ2v) is 10.6. The minimum absolute atomic E-state index is 0.0618. The van der Waals surface area contributed by atoms with Gasteiger partial charge in [-0.3, -0.25) is 0 Å². The fraction of sp³-hybridized carbons (Fsp3) is 0.200. The molecule has 0 aliphatic heterocycles.